The molecule has 1 saturated heterocycles. The highest BCUT2D eigenvalue weighted by molar-refractivity contribution is 6.39. The van der Waals surface area contributed by atoms with Gasteiger partial charge in [0.25, 0.3) is 5.91 Å². The average molecular weight is 332 g/mol. The lowest BCUT2D eigenvalue weighted by Gasteiger charge is -2.10. The Balaban J connectivity index is 1.29. The van der Waals surface area contributed by atoms with Gasteiger partial charge in [0.15, 0.2) is 0 Å². The molecule has 2 unspecified atom stereocenters. The van der Waals surface area contributed by atoms with Crippen LogP contribution < -0.4 is 5.32 Å². The minimum Gasteiger partial charge on any atom is -0.392 e. The Morgan fingerprint density at radius 3 is 3.00 bits per heavy atom. The standard InChI is InChI=1S/C18H24N2O4/c21-18(19-11-15-6-8-22-13-15)17-10-16(24-20-17)7-9-23-12-14-4-2-1-3-5-14/h1-5,15-16H,6-13H2,(H,19,21). The third-order valence-electron chi connectivity index (χ3n) is 4.27. The Kier molecular flexibility index (Phi) is 6.20. The molecule has 24 heavy (non-hydrogen) atoms. The highest BCUT2D eigenvalue weighted by Gasteiger charge is 2.26. The molecule has 3 rings (SSSR count). The monoisotopic (exact) mass is 332 g/mol. The fourth-order valence-corrected chi connectivity index (χ4v) is 2.78. The zero-order chi connectivity index (χ0) is 16.6. The van der Waals surface area contributed by atoms with Gasteiger partial charge in [-0.2, -0.15) is 0 Å². The lowest BCUT2D eigenvalue weighted by atomic mass is 10.1. The van der Waals surface area contributed by atoms with Crippen molar-refractivity contribution in [3.63, 3.8) is 0 Å². The topological polar surface area (TPSA) is 69.2 Å². The van der Waals surface area contributed by atoms with Crippen molar-refractivity contribution >= 4 is 11.6 Å². The number of hydrogen-bond donors (Lipinski definition) is 1. The maximum atomic E-state index is 12.1. The van der Waals surface area contributed by atoms with E-state index >= 15 is 0 Å². The molecule has 1 N–H and O–H groups in total. The average Bonchev–Trinajstić information content (AvgIpc) is 3.29. The third kappa shape index (κ3) is 5.04. The van der Waals surface area contributed by atoms with Gasteiger partial charge in [-0.05, 0) is 12.0 Å². The first-order valence-electron chi connectivity index (χ1n) is 8.51. The van der Waals surface area contributed by atoms with E-state index in [2.05, 4.69) is 10.5 Å². The molecule has 0 aliphatic carbocycles. The zero-order valence-corrected chi connectivity index (χ0v) is 13.8. The Bertz CT molecular complexity index is 555. The van der Waals surface area contributed by atoms with Crippen LogP contribution in [0.25, 0.3) is 0 Å². The van der Waals surface area contributed by atoms with Crippen molar-refractivity contribution in [3.8, 4) is 0 Å². The van der Waals surface area contributed by atoms with Crippen LogP contribution in [0.3, 0.4) is 0 Å². The number of hydrogen-bond acceptors (Lipinski definition) is 5. The van der Waals surface area contributed by atoms with Crippen LogP contribution in [0, 0.1) is 5.92 Å². The number of ether oxygens (including phenoxy) is 2. The normalized spacial score (nSPS) is 22.9. The second kappa shape index (κ2) is 8.80. The van der Waals surface area contributed by atoms with Gasteiger partial charge < -0.3 is 19.6 Å². The van der Waals surface area contributed by atoms with E-state index in [9.17, 15) is 4.79 Å². The van der Waals surface area contributed by atoms with Gasteiger partial charge in [0.05, 0.1) is 19.8 Å². The fraction of sp³-hybridized carbons (Fsp3) is 0.556. The van der Waals surface area contributed by atoms with Crippen molar-refractivity contribution in [2.45, 2.75) is 32.0 Å². The van der Waals surface area contributed by atoms with Gasteiger partial charge in [0.2, 0.25) is 0 Å². The Morgan fingerprint density at radius 2 is 2.21 bits per heavy atom. The first kappa shape index (κ1) is 16.9. The molecule has 6 nitrogen and oxygen atoms in total. The van der Waals surface area contributed by atoms with E-state index in [0.29, 0.717) is 37.8 Å². The van der Waals surface area contributed by atoms with E-state index in [4.69, 9.17) is 14.3 Å². The largest absolute Gasteiger partial charge is 0.392 e. The predicted octanol–water partition coefficient (Wildman–Crippen LogP) is 1.89. The summed E-state index contributed by atoms with van der Waals surface area (Å²) < 4.78 is 10.9. The molecule has 1 aromatic rings. The highest BCUT2D eigenvalue weighted by Crippen LogP contribution is 2.15. The van der Waals surface area contributed by atoms with E-state index in [1.165, 1.54) is 0 Å². The van der Waals surface area contributed by atoms with Gasteiger partial charge >= 0.3 is 0 Å². The summed E-state index contributed by atoms with van der Waals surface area (Å²) >= 11 is 0. The molecular weight excluding hydrogens is 308 g/mol. The van der Waals surface area contributed by atoms with E-state index in [1.54, 1.807) is 0 Å². The lowest BCUT2D eigenvalue weighted by molar-refractivity contribution is -0.115. The number of carbonyl (C=O) groups is 1. The van der Waals surface area contributed by atoms with Gasteiger partial charge in [-0.3, -0.25) is 4.79 Å². The van der Waals surface area contributed by atoms with E-state index in [1.807, 2.05) is 30.3 Å². The molecule has 0 bridgehead atoms. The van der Waals surface area contributed by atoms with Crippen molar-refractivity contribution in [2.24, 2.45) is 11.1 Å². The number of nitrogens with zero attached hydrogens (tertiary/aromatic N) is 1. The molecule has 0 radical (unpaired) electrons. The number of amides is 1. The molecule has 0 spiro atoms. The van der Waals surface area contributed by atoms with Crippen LogP contribution in [-0.4, -0.2) is 44.1 Å². The van der Waals surface area contributed by atoms with Gasteiger partial charge in [-0.1, -0.05) is 35.5 Å². The number of benzene rings is 1. The van der Waals surface area contributed by atoms with Crippen molar-refractivity contribution in [1.29, 1.82) is 0 Å². The van der Waals surface area contributed by atoms with Crippen LogP contribution in [0.1, 0.15) is 24.8 Å². The molecule has 2 atom stereocenters. The maximum absolute atomic E-state index is 12.1. The van der Waals surface area contributed by atoms with Crippen LogP contribution in [0.4, 0.5) is 0 Å². The molecule has 2 aliphatic rings. The quantitative estimate of drug-likeness (QED) is 0.738. The first-order valence-corrected chi connectivity index (χ1v) is 8.51. The second-order valence-electron chi connectivity index (χ2n) is 6.24. The molecule has 2 aliphatic heterocycles. The SMILES string of the molecule is O=C(NCC1CCOC1)C1=NOC(CCOCc2ccccc2)C1. The summed E-state index contributed by atoms with van der Waals surface area (Å²) in [7, 11) is 0. The van der Waals surface area contributed by atoms with Gasteiger partial charge in [-0.25, -0.2) is 0 Å². The summed E-state index contributed by atoms with van der Waals surface area (Å²) in [5.74, 6) is 0.286. The van der Waals surface area contributed by atoms with E-state index in [0.717, 1.165) is 31.6 Å². The van der Waals surface area contributed by atoms with Crippen molar-refractivity contribution < 1.29 is 19.1 Å². The molecule has 0 aromatic heterocycles. The zero-order valence-electron chi connectivity index (χ0n) is 13.8. The second-order valence-corrected chi connectivity index (χ2v) is 6.24. The molecule has 6 heteroatoms. The highest BCUT2D eigenvalue weighted by atomic mass is 16.6. The third-order valence-corrected chi connectivity index (χ3v) is 4.27. The molecule has 1 aromatic carbocycles. The minimum absolute atomic E-state index is 0.0728. The summed E-state index contributed by atoms with van der Waals surface area (Å²) in [5.41, 5.74) is 1.62. The van der Waals surface area contributed by atoms with Crippen molar-refractivity contribution in [2.75, 3.05) is 26.4 Å². The smallest absolute Gasteiger partial charge is 0.269 e. The van der Waals surface area contributed by atoms with Crippen molar-refractivity contribution in [3.05, 3.63) is 35.9 Å². The van der Waals surface area contributed by atoms with E-state index < -0.39 is 0 Å². The summed E-state index contributed by atoms with van der Waals surface area (Å²) in [4.78, 5) is 17.4. The molecule has 2 heterocycles. The fourth-order valence-electron chi connectivity index (χ4n) is 2.78. The van der Waals surface area contributed by atoms with Gasteiger partial charge in [0, 0.05) is 31.9 Å². The predicted molar refractivity (Wildman–Crippen MR) is 89.6 cm³/mol. The molecular formula is C18H24N2O4. The lowest BCUT2D eigenvalue weighted by Crippen LogP contribution is -2.34. The van der Waals surface area contributed by atoms with Crippen LogP contribution in [0.15, 0.2) is 35.5 Å². The van der Waals surface area contributed by atoms with Crippen LogP contribution in [0.2, 0.25) is 0 Å². The Labute approximate surface area is 142 Å². The molecule has 1 amide bonds. The number of carbonyl (C=O) groups excluding carboxylic acids is 1. The number of nitrogens with one attached hydrogen (secondary N) is 1. The Hall–Kier alpha value is -1.92. The summed E-state index contributed by atoms with van der Waals surface area (Å²) in [6.45, 7) is 3.33. The van der Waals surface area contributed by atoms with Crippen LogP contribution >= 0.6 is 0 Å². The minimum atomic E-state index is -0.130. The van der Waals surface area contributed by atoms with Gasteiger partial charge in [0.1, 0.15) is 11.8 Å². The summed E-state index contributed by atoms with van der Waals surface area (Å²) in [6.07, 6.45) is 2.20. The Morgan fingerprint density at radius 1 is 1.33 bits per heavy atom. The molecule has 1 fully saturated rings. The summed E-state index contributed by atoms with van der Waals surface area (Å²) in [5, 5.41) is 6.83. The molecule has 0 saturated carbocycles. The first-order chi connectivity index (χ1) is 11.8. The van der Waals surface area contributed by atoms with Crippen LogP contribution in [-0.2, 0) is 25.7 Å². The van der Waals surface area contributed by atoms with Gasteiger partial charge in [-0.15, -0.1) is 0 Å². The summed E-state index contributed by atoms with van der Waals surface area (Å²) in [6, 6.07) is 10.0. The van der Waals surface area contributed by atoms with E-state index in [-0.39, 0.29) is 12.0 Å². The number of oxime groups is 1. The maximum Gasteiger partial charge on any atom is 0.269 e. The molecule has 130 valence electrons. The van der Waals surface area contributed by atoms with Crippen molar-refractivity contribution in [1.82, 2.24) is 5.32 Å². The van der Waals surface area contributed by atoms with Crippen LogP contribution in [0.5, 0.6) is 0 Å². The number of rotatable bonds is 8.